The third-order valence-corrected chi connectivity index (χ3v) is 3.38. The average Bonchev–Trinajstić information content (AvgIpc) is 2.34. The maximum Gasteiger partial charge on any atom is 0.255 e. The highest BCUT2D eigenvalue weighted by molar-refractivity contribution is 6.31. The van der Waals surface area contributed by atoms with E-state index in [4.69, 9.17) is 17.3 Å². The molecule has 0 fully saturated rings. The van der Waals surface area contributed by atoms with Crippen molar-refractivity contribution in [3.05, 3.63) is 57.6 Å². The van der Waals surface area contributed by atoms with Gasteiger partial charge in [-0.3, -0.25) is 4.79 Å². The summed E-state index contributed by atoms with van der Waals surface area (Å²) in [5, 5.41) is 3.42. The zero-order valence-electron chi connectivity index (χ0n) is 11.8. The lowest BCUT2D eigenvalue weighted by atomic mass is 10.1. The van der Waals surface area contributed by atoms with Gasteiger partial charge in [-0.1, -0.05) is 17.7 Å². The van der Waals surface area contributed by atoms with E-state index in [1.165, 1.54) is 0 Å². The molecule has 1 amide bonds. The highest BCUT2D eigenvalue weighted by Gasteiger charge is 2.10. The molecule has 0 aliphatic carbocycles. The summed E-state index contributed by atoms with van der Waals surface area (Å²) in [6.45, 7) is 5.78. The van der Waals surface area contributed by atoms with Crippen molar-refractivity contribution in [2.75, 3.05) is 11.1 Å². The summed E-state index contributed by atoms with van der Waals surface area (Å²) in [6.07, 6.45) is 0. The molecule has 2 aromatic rings. The molecule has 0 aliphatic rings. The molecule has 0 aliphatic heterocycles. The molecule has 20 heavy (non-hydrogen) atoms. The summed E-state index contributed by atoms with van der Waals surface area (Å²) < 4.78 is 0. The van der Waals surface area contributed by atoms with Crippen molar-refractivity contribution in [1.82, 2.24) is 0 Å². The molecule has 0 heterocycles. The first-order chi connectivity index (χ1) is 9.36. The van der Waals surface area contributed by atoms with Gasteiger partial charge in [0.2, 0.25) is 0 Å². The lowest BCUT2D eigenvalue weighted by Crippen LogP contribution is -2.13. The number of carbonyl (C=O) groups is 1. The maximum atomic E-state index is 12.3. The van der Waals surface area contributed by atoms with Crippen molar-refractivity contribution in [2.45, 2.75) is 20.8 Å². The quantitative estimate of drug-likeness (QED) is 0.818. The third kappa shape index (κ3) is 3.11. The van der Waals surface area contributed by atoms with Gasteiger partial charge >= 0.3 is 0 Å². The highest BCUT2D eigenvalue weighted by Crippen LogP contribution is 2.23. The molecule has 0 unspecified atom stereocenters. The lowest BCUT2D eigenvalue weighted by molar-refractivity contribution is 0.102. The second kappa shape index (κ2) is 5.55. The minimum absolute atomic E-state index is 0.193. The van der Waals surface area contributed by atoms with Crippen molar-refractivity contribution in [2.24, 2.45) is 0 Å². The van der Waals surface area contributed by atoms with Crippen LogP contribution in [0.5, 0.6) is 0 Å². The molecule has 0 radical (unpaired) electrons. The van der Waals surface area contributed by atoms with E-state index in [1.54, 1.807) is 18.2 Å². The summed E-state index contributed by atoms with van der Waals surface area (Å²) in [5.41, 5.74) is 10.7. The van der Waals surface area contributed by atoms with Crippen LogP contribution in [0.3, 0.4) is 0 Å². The summed E-state index contributed by atoms with van der Waals surface area (Å²) in [6, 6.07) is 8.99. The topological polar surface area (TPSA) is 55.1 Å². The van der Waals surface area contributed by atoms with E-state index in [1.807, 2.05) is 32.9 Å². The second-order valence-electron chi connectivity index (χ2n) is 5.00. The number of rotatable bonds is 2. The van der Waals surface area contributed by atoms with Gasteiger partial charge in [-0.2, -0.15) is 0 Å². The number of nitrogens with one attached hydrogen (secondary N) is 1. The third-order valence-electron chi connectivity index (χ3n) is 3.17. The number of carbonyl (C=O) groups excluding carboxylic acids is 1. The van der Waals surface area contributed by atoms with E-state index in [-0.39, 0.29) is 5.91 Å². The fourth-order valence-corrected chi connectivity index (χ4v) is 2.36. The van der Waals surface area contributed by atoms with E-state index < -0.39 is 0 Å². The number of anilines is 2. The first kappa shape index (κ1) is 14.4. The van der Waals surface area contributed by atoms with Crippen LogP contribution < -0.4 is 11.1 Å². The molecule has 104 valence electrons. The van der Waals surface area contributed by atoms with E-state index in [0.717, 1.165) is 22.4 Å². The summed E-state index contributed by atoms with van der Waals surface area (Å²) >= 11 is 5.97. The molecule has 0 aromatic heterocycles. The van der Waals surface area contributed by atoms with Crippen molar-refractivity contribution in [3.8, 4) is 0 Å². The summed E-state index contributed by atoms with van der Waals surface area (Å²) in [7, 11) is 0. The molecule has 0 spiro atoms. The highest BCUT2D eigenvalue weighted by atomic mass is 35.5. The lowest BCUT2D eigenvalue weighted by Gasteiger charge is -2.11. The van der Waals surface area contributed by atoms with Crippen molar-refractivity contribution < 1.29 is 4.79 Å². The Kier molecular flexibility index (Phi) is 4.00. The second-order valence-corrected chi connectivity index (χ2v) is 5.43. The van der Waals surface area contributed by atoms with Crippen LogP contribution in [-0.4, -0.2) is 5.91 Å². The number of halogens is 1. The number of aryl methyl sites for hydroxylation is 3. The van der Waals surface area contributed by atoms with Crippen molar-refractivity contribution in [1.29, 1.82) is 0 Å². The fourth-order valence-electron chi connectivity index (χ4n) is 2.07. The van der Waals surface area contributed by atoms with Crippen molar-refractivity contribution >= 4 is 28.9 Å². The molecule has 2 rings (SSSR count). The van der Waals surface area contributed by atoms with E-state index in [2.05, 4.69) is 5.32 Å². The molecule has 3 nitrogen and oxygen atoms in total. The van der Waals surface area contributed by atoms with Gasteiger partial charge in [0, 0.05) is 22.0 Å². The molecule has 0 atom stereocenters. The van der Waals surface area contributed by atoms with Gasteiger partial charge in [-0.25, -0.2) is 0 Å². The predicted molar refractivity (Wildman–Crippen MR) is 84.5 cm³/mol. The Hall–Kier alpha value is -2.00. The minimum atomic E-state index is -0.193. The van der Waals surface area contributed by atoms with Crippen LogP contribution in [-0.2, 0) is 0 Å². The Bertz CT molecular complexity index is 660. The molecule has 4 heteroatoms. The molecule has 3 N–H and O–H groups in total. The maximum absolute atomic E-state index is 12.3. The normalized spacial score (nSPS) is 10.4. The number of hydrogen-bond donors (Lipinski definition) is 2. The molecular weight excluding hydrogens is 272 g/mol. The predicted octanol–water partition coefficient (Wildman–Crippen LogP) is 4.10. The van der Waals surface area contributed by atoms with E-state index >= 15 is 0 Å². The van der Waals surface area contributed by atoms with E-state index in [9.17, 15) is 4.79 Å². The molecule has 0 bridgehead atoms. The number of benzene rings is 2. The van der Waals surface area contributed by atoms with Crippen LogP contribution in [0, 0.1) is 20.8 Å². The first-order valence-corrected chi connectivity index (χ1v) is 6.70. The van der Waals surface area contributed by atoms with Gasteiger partial charge in [0.1, 0.15) is 0 Å². The Morgan fingerprint density at radius 3 is 2.40 bits per heavy atom. The van der Waals surface area contributed by atoms with Gasteiger partial charge in [-0.15, -0.1) is 0 Å². The molecule has 0 saturated heterocycles. The van der Waals surface area contributed by atoms with Crippen LogP contribution in [0.25, 0.3) is 0 Å². The Balaban J connectivity index is 2.30. The van der Waals surface area contributed by atoms with Gasteiger partial charge in [0.25, 0.3) is 5.91 Å². The number of nitrogen functional groups attached to an aromatic ring is 1. The summed E-state index contributed by atoms with van der Waals surface area (Å²) in [4.78, 5) is 12.3. The van der Waals surface area contributed by atoms with Crippen LogP contribution >= 0.6 is 11.6 Å². The van der Waals surface area contributed by atoms with E-state index in [0.29, 0.717) is 16.3 Å². The minimum Gasteiger partial charge on any atom is -0.398 e. The van der Waals surface area contributed by atoms with Crippen LogP contribution in [0.15, 0.2) is 30.3 Å². The Labute approximate surface area is 123 Å². The largest absolute Gasteiger partial charge is 0.398 e. The Morgan fingerprint density at radius 2 is 1.75 bits per heavy atom. The van der Waals surface area contributed by atoms with Crippen LogP contribution in [0.1, 0.15) is 27.0 Å². The first-order valence-electron chi connectivity index (χ1n) is 6.32. The fraction of sp³-hybridized carbons (Fsp3) is 0.188. The standard InChI is InChI=1S/C16H17ClN2O/c1-9-4-12(7-13(17)5-9)16(20)19-15-8-14(18)10(2)6-11(15)3/h4-8H,18H2,1-3H3,(H,19,20). The monoisotopic (exact) mass is 288 g/mol. The number of amides is 1. The average molecular weight is 289 g/mol. The van der Waals surface area contributed by atoms with Gasteiger partial charge in [0.15, 0.2) is 0 Å². The molecular formula is C16H17ClN2O. The SMILES string of the molecule is Cc1cc(Cl)cc(C(=O)Nc2cc(N)c(C)cc2C)c1. The molecule has 0 saturated carbocycles. The number of nitrogens with two attached hydrogens (primary N) is 1. The zero-order chi connectivity index (χ0) is 14.9. The van der Waals surface area contributed by atoms with Gasteiger partial charge in [-0.05, 0) is 61.7 Å². The zero-order valence-corrected chi connectivity index (χ0v) is 12.5. The van der Waals surface area contributed by atoms with Crippen LogP contribution in [0.2, 0.25) is 5.02 Å². The Morgan fingerprint density at radius 1 is 1.05 bits per heavy atom. The summed E-state index contributed by atoms with van der Waals surface area (Å²) in [5.74, 6) is -0.193. The van der Waals surface area contributed by atoms with Crippen LogP contribution in [0.4, 0.5) is 11.4 Å². The number of hydrogen-bond acceptors (Lipinski definition) is 2. The smallest absolute Gasteiger partial charge is 0.255 e. The molecule has 2 aromatic carbocycles. The van der Waals surface area contributed by atoms with Gasteiger partial charge < -0.3 is 11.1 Å². The van der Waals surface area contributed by atoms with Gasteiger partial charge in [0.05, 0.1) is 0 Å². The van der Waals surface area contributed by atoms with Crippen molar-refractivity contribution in [3.63, 3.8) is 0 Å².